The first-order valence-corrected chi connectivity index (χ1v) is 30.9. The molecule has 3 amide bonds. The summed E-state index contributed by atoms with van der Waals surface area (Å²) in [4.78, 5) is 75.8. The summed E-state index contributed by atoms with van der Waals surface area (Å²) in [6.45, 7) is 29.6. The van der Waals surface area contributed by atoms with Crippen molar-refractivity contribution in [3.63, 3.8) is 0 Å². The van der Waals surface area contributed by atoms with Crippen LogP contribution in [0.25, 0.3) is 0 Å². The molecular formula is C69H104N10O8. The zero-order chi connectivity index (χ0) is 64.4. The first kappa shape index (κ1) is 74.3. The zero-order valence-corrected chi connectivity index (χ0v) is 54.5. The SMILES string of the molecule is CC(C)(C)OC(=O)N1Cc2ccccc2C[C@@H]1C=O.CCCCC=O.C[C@@H](c1ccccn1)N(CCCCN)C[C@H]1Cc2ccccc2CN1.C[C@H](N)c1ccccn1.C[C@H](NCCCCN(C(=O)OC(C)(C)C)C(=O)OC(C)(C)C)c1ccccn1. The molecule has 2 aliphatic heterocycles. The molecule has 0 unspecified atom stereocenters. The summed E-state index contributed by atoms with van der Waals surface area (Å²) in [5.41, 5.74) is 17.5. The lowest BCUT2D eigenvalue weighted by Crippen LogP contribution is -2.47. The Bertz CT molecular complexity index is 2710. The Balaban J connectivity index is 0.000000307. The summed E-state index contributed by atoms with van der Waals surface area (Å²) >= 11 is 0. The van der Waals surface area contributed by atoms with Crippen LogP contribution in [0.2, 0.25) is 0 Å². The number of amides is 3. The van der Waals surface area contributed by atoms with Gasteiger partial charge in [-0.1, -0.05) is 80.1 Å². The number of pyridine rings is 3. The third-order valence-corrected chi connectivity index (χ3v) is 13.7. The van der Waals surface area contributed by atoms with Crippen molar-refractivity contribution < 1.29 is 38.2 Å². The first-order valence-electron chi connectivity index (χ1n) is 30.9. The number of aromatic nitrogens is 3. The van der Waals surface area contributed by atoms with Crippen molar-refractivity contribution in [1.82, 2.24) is 40.3 Å². The minimum Gasteiger partial charge on any atom is -0.444 e. The molecule has 2 aliphatic rings. The molecule has 478 valence electrons. The van der Waals surface area contributed by atoms with E-state index < -0.39 is 41.1 Å². The van der Waals surface area contributed by atoms with Gasteiger partial charge in [0.25, 0.3) is 0 Å². The quantitative estimate of drug-likeness (QED) is 0.0322. The van der Waals surface area contributed by atoms with Gasteiger partial charge >= 0.3 is 18.3 Å². The lowest BCUT2D eigenvalue weighted by Gasteiger charge is -2.35. The van der Waals surface area contributed by atoms with E-state index in [1.807, 2.05) is 101 Å². The van der Waals surface area contributed by atoms with Crippen LogP contribution in [-0.4, -0.2) is 122 Å². The Labute approximate surface area is 520 Å². The van der Waals surface area contributed by atoms with Gasteiger partial charge in [-0.05, 0) is 200 Å². The molecule has 18 heteroatoms. The van der Waals surface area contributed by atoms with Crippen molar-refractivity contribution in [3.05, 3.63) is 161 Å². The highest BCUT2D eigenvalue weighted by Gasteiger charge is 2.33. The predicted octanol–water partition coefficient (Wildman–Crippen LogP) is 12.6. The van der Waals surface area contributed by atoms with Crippen molar-refractivity contribution >= 4 is 30.9 Å². The number of ether oxygens (including phenoxy) is 3. The Morgan fingerprint density at radius 1 is 0.655 bits per heavy atom. The Morgan fingerprint density at radius 2 is 1.16 bits per heavy atom. The molecule has 0 saturated carbocycles. The number of carbonyl (C=O) groups excluding carboxylic acids is 5. The molecule has 0 aliphatic carbocycles. The summed E-state index contributed by atoms with van der Waals surface area (Å²) in [5.74, 6) is 0. The molecule has 0 bridgehead atoms. The maximum Gasteiger partial charge on any atom is 0.419 e. The normalized spacial score (nSPS) is 15.4. The van der Waals surface area contributed by atoms with Crippen LogP contribution in [0.4, 0.5) is 14.4 Å². The monoisotopic (exact) mass is 1200 g/mol. The summed E-state index contributed by atoms with van der Waals surface area (Å²) in [6, 6.07) is 34.9. The third kappa shape index (κ3) is 30.0. The molecule has 5 aromatic rings. The maximum atomic E-state index is 12.4. The van der Waals surface area contributed by atoms with Crippen LogP contribution in [0.15, 0.2) is 122 Å². The first-order chi connectivity index (χ1) is 41.3. The number of hydrogen-bond donors (Lipinski definition) is 4. The minimum absolute atomic E-state index is 0.0474. The number of nitrogens with zero attached hydrogens (tertiary/aromatic N) is 6. The lowest BCUT2D eigenvalue weighted by molar-refractivity contribution is -0.113. The number of hydrogen-bond acceptors (Lipinski definition) is 16. The number of carbonyl (C=O) groups is 5. The van der Waals surface area contributed by atoms with Crippen LogP contribution in [0.5, 0.6) is 0 Å². The van der Waals surface area contributed by atoms with E-state index >= 15 is 0 Å². The van der Waals surface area contributed by atoms with E-state index in [1.165, 1.54) is 16.0 Å². The van der Waals surface area contributed by atoms with E-state index in [0.717, 1.165) is 123 Å². The molecule has 0 fully saturated rings. The summed E-state index contributed by atoms with van der Waals surface area (Å²) in [7, 11) is 0. The molecule has 0 spiro atoms. The van der Waals surface area contributed by atoms with Gasteiger partial charge in [-0.15, -0.1) is 0 Å². The highest BCUT2D eigenvalue weighted by atomic mass is 16.6. The molecule has 18 nitrogen and oxygen atoms in total. The topological polar surface area (TPSA) is 238 Å². The van der Waals surface area contributed by atoms with Gasteiger partial charge in [-0.3, -0.25) is 24.8 Å². The fraction of sp³-hybridized carbons (Fsp3) is 0.536. The molecule has 5 atom stereocenters. The van der Waals surface area contributed by atoms with Crippen LogP contribution < -0.4 is 22.1 Å². The fourth-order valence-electron chi connectivity index (χ4n) is 9.11. The second-order valence-corrected chi connectivity index (χ2v) is 24.9. The highest BCUT2D eigenvalue weighted by Crippen LogP contribution is 2.26. The van der Waals surface area contributed by atoms with Gasteiger partial charge in [-0.25, -0.2) is 19.3 Å². The smallest absolute Gasteiger partial charge is 0.419 e. The van der Waals surface area contributed by atoms with Crippen molar-refractivity contribution in [2.75, 3.05) is 32.7 Å². The summed E-state index contributed by atoms with van der Waals surface area (Å²) < 4.78 is 16.1. The van der Waals surface area contributed by atoms with Crippen molar-refractivity contribution in [1.29, 1.82) is 0 Å². The molecule has 6 N–H and O–H groups in total. The van der Waals surface area contributed by atoms with Crippen molar-refractivity contribution in [2.24, 2.45) is 11.5 Å². The van der Waals surface area contributed by atoms with E-state index in [1.54, 1.807) is 53.9 Å². The van der Waals surface area contributed by atoms with Gasteiger partial charge in [0.2, 0.25) is 0 Å². The molecule has 87 heavy (non-hydrogen) atoms. The Morgan fingerprint density at radius 3 is 1.63 bits per heavy atom. The van der Waals surface area contributed by atoms with Gasteiger partial charge in [-0.2, -0.15) is 0 Å². The van der Waals surface area contributed by atoms with E-state index in [4.69, 9.17) is 25.7 Å². The second kappa shape index (κ2) is 39.0. The number of nitrogens with one attached hydrogen (secondary N) is 2. The average Bonchev–Trinajstić information content (AvgIpc) is 1.99. The van der Waals surface area contributed by atoms with Gasteiger partial charge in [0, 0.05) is 75.2 Å². The van der Waals surface area contributed by atoms with E-state index in [2.05, 4.69) is 87.7 Å². The zero-order valence-electron chi connectivity index (χ0n) is 54.5. The Kier molecular flexibility index (Phi) is 33.3. The van der Waals surface area contributed by atoms with Gasteiger partial charge in [0.1, 0.15) is 29.4 Å². The van der Waals surface area contributed by atoms with Crippen LogP contribution in [0, 0.1) is 0 Å². The summed E-state index contributed by atoms with van der Waals surface area (Å²) in [5, 5.41) is 7.11. The van der Waals surface area contributed by atoms with E-state index in [-0.39, 0.29) is 18.6 Å². The standard InChI is InChI=1S/C21H30N4.C21H35N3O4.C15H19NO3.C7H10N2.C5H10O/c1-17(21-10-4-6-12-23-21)25(13-7-5-11-22)16-20-14-18-8-2-3-9-19(18)15-24-20;1-16(17-12-8-9-14-23-17)22-13-10-11-15-24(18(25)27-20(2,3)4)19(26)28-21(5,6)7;1-15(2,3)19-14(18)16-9-12-7-5-4-6-11(12)8-13(16)10-17;1-6(8)7-4-2-3-5-9-7;1-2-3-4-5-6/h2-4,6,8-10,12,17,20,24H,5,7,11,13-16,22H2,1H3;8-9,12,14,16,22H,10-11,13,15H2,1-7H3;4-7,10,13H,8-9H2,1-3H3;2-6H,8H2,1H3;5H,2-4H2,1H3/t17-,20+;16-;13-;6-;/m0010./s1. The van der Waals surface area contributed by atoms with Crippen LogP contribution >= 0.6 is 0 Å². The molecule has 0 radical (unpaired) electrons. The predicted molar refractivity (Wildman–Crippen MR) is 347 cm³/mol. The van der Waals surface area contributed by atoms with Crippen LogP contribution in [0.1, 0.15) is 192 Å². The lowest BCUT2D eigenvalue weighted by atomic mass is 9.95. The van der Waals surface area contributed by atoms with E-state index in [9.17, 15) is 24.0 Å². The van der Waals surface area contributed by atoms with Crippen LogP contribution in [0.3, 0.4) is 0 Å². The minimum atomic E-state index is -0.684. The molecule has 0 saturated heterocycles. The number of fused-ring (bicyclic) bond motifs is 2. The van der Waals surface area contributed by atoms with Gasteiger partial charge in [0.05, 0.1) is 29.7 Å². The molecular weight excluding hydrogens is 1100 g/mol. The number of nitrogens with two attached hydrogens (primary N) is 2. The van der Waals surface area contributed by atoms with Crippen molar-refractivity contribution in [2.45, 2.75) is 208 Å². The van der Waals surface area contributed by atoms with Gasteiger partial charge in [0.15, 0.2) is 0 Å². The molecule has 7 rings (SSSR count). The molecule has 3 aromatic heterocycles. The largest absolute Gasteiger partial charge is 0.444 e. The maximum absolute atomic E-state index is 12.4. The number of unbranched alkanes of at least 4 members (excludes halogenated alkanes) is 4. The molecule has 2 aromatic carbocycles. The third-order valence-electron chi connectivity index (χ3n) is 13.7. The van der Waals surface area contributed by atoms with Crippen molar-refractivity contribution in [3.8, 4) is 0 Å². The van der Waals surface area contributed by atoms with Gasteiger partial charge < -0.3 is 45.9 Å². The number of benzene rings is 2. The fourth-order valence-corrected chi connectivity index (χ4v) is 9.11. The number of imide groups is 1. The number of aldehydes is 2. The Hall–Kier alpha value is -6.96. The molecule has 5 heterocycles. The highest BCUT2D eigenvalue weighted by molar-refractivity contribution is 5.88. The summed E-state index contributed by atoms with van der Waals surface area (Å²) in [6.07, 6.45) is 13.6. The number of rotatable bonds is 20. The average molecular weight is 1200 g/mol. The van der Waals surface area contributed by atoms with E-state index in [0.29, 0.717) is 31.5 Å². The second-order valence-electron chi connectivity index (χ2n) is 24.9. The van der Waals surface area contributed by atoms with Crippen LogP contribution in [-0.2, 0) is 49.7 Å².